The van der Waals surface area contributed by atoms with Gasteiger partial charge in [-0.25, -0.2) is 4.39 Å². The maximum atomic E-state index is 13.7. The minimum Gasteiger partial charge on any atom is -0.363 e. The van der Waals surface area contributed by atoms with Gasteiger partial charge in [-0.15, -0.1) is 0 Å². The van der Waals surface area contributed by atoms with Crippen LogP contribution >= 0.6 is 0 Å². The number of rotatable bonds is 2. The van der Waals surface area contributed by atoms with Gasteiger partial charge in [0.05, 0.1) is 5.69 Å². The van der Waals surface area contributed by atoms with Crippen LogP contribution in [0.1, 0.15) is 13.8 Å². The van der Waals surface area contributed by atoms with E-state index in [1.807, 2.05) is 12.1 Å². The highest BCUT2D eigenvalue weighted by Crippen LogP contribution is 2.24. The fraction of sp³-hybridized carbons (Fsp3) is 0.538. The Morgan fingerprint density at radius 1 is 1.38 bits per heavy atom. The molecular formula is C13H19FN2. The van der Waals surface area contributed by atoms with Gasteiger partial charge in [-0.05, 0) is 18.1 Å². The monoisotopic (exact) mass is 222 g/mol. The summed E-state index contributed by atoms with van der Waals surface area (Å²) in [4.78, 5) is 2.19. The van der Waals surface area contributed by atoms with Gasteiger partial charge in [-0.2, -0.15) is 0 Å². The Morgan fingerprint density at radius 3 is 2.81 bits per heavy atom. The molecule has 16 heavy (non-hydrogen) atoms. The van der Waals surface area contributed by atoms with Gasteiger partial charge in [-0.1, -0.05) is 26.0 Å². The Hall–Kier alpha value is -1.09. The lowest BCUT2D eigenvalue weighted by molar-refractivity contribution is 0.386. The maximum Gasteiger partial charge on any atom is 0.146 e. The van der Waals surface area contributed by atoms with E-state index in [2.05, 4.69) is 24.1 Å². The zero-order valence-electron chi connectivity index (χ0n) is 9.91. The van der Waals surface area contributed by atoms with Crippen molar-refractivity contribution in [2.24, 2.45) is 5.92 Å². The van der Waals surface area contributed by atoms with Crippen molar-refractivity contribution < 1.29 is 4.39 Å². The standard InChI is InChI=1S/C13H19FN2/c1-10(2)13-9-15-7-8-16(13)12-6-4-3-5-11(12)14/h3-6,10,13,15H,7-9H2,1-2H3. The second-order valence-corrected chi connectivity index (χ2v) is 4.66. The van der Waals surface area contributed by atoms with Crippen LogP contribution in [0.15, 0.2) is 24.3 Å². The van der Waals surface area contributed by atoms with E-state index < -0.39 is 0 Å². The number of hydrogen-bond donors (Lipinski definition) is 1. The summed E-state index contributed by atoms with van der Waals surface area (Å²) in [6, 6.07) is 7.43. The zero-order valence-corrected chi connectivity index (χ0v) is 9.91. The molecule has 0 saturated carbocycles. The smallest absolute Gasteiger partial charge is 0.146 e. The molecule has 0 radical (unpaired) electrons. The van der Waals surface area contributed by atoms with E-state index in [-0.39, 0.29) is 5.82 Å². The second-order valence-electron chi connectivity index (χ2n) is 4.66. The highest BCUT2D eigenvalue weighted by molar-refractivity contribution is 5.49. The summed E-state index contributed by atoms with van der Waals surface area (Å²) in [5.74, 6) is 0.405. The first-order valence-electron chi connectivity index (χ1n) is 5.92. The third kappa shape index (κ3) is 2.19. The van der Waals surface area contributed by atoms with Gasteiger partial charge >= 0.3 is 0 Å². The quantitative estimate of drug-likeness (QED) is 0.825. The van der Waals surface area contributed by atoms with Crippen molar-refractivity contribution >= 4 is 5.69 Å². The Bertz CT molecular complexity index is 352. The largest absolute Gasteiger partial charge is 0.363 e. The highest BCUT2D eigenvalue weighted by atomic mass is 19.1. The normalized spacial score (nSPS) is 21.5. The molecule has 2 rings (SSSR count). The molecule has 1 aromatic rings. The number of nitrogens with one attached hydrogen (secondary N) is 1. The third-order valence-electron chi connectivity index (χ3n) is 3.21. The van der Waals surface area contributed by atoms with Gasteiger partial charge in [0.15, 0.2) is 0 Å². The lowest BCUT2D eigenvalue weighted by Gasteiger charge is -2.40. The van der Waals surface area contributed by atoms with Crippen molar-refractivity contribution in [1.29, 1.82) is 0 Å². The van der Waals surface area contributed by atoms with Crippen molar-refractivity contribution in [2.75, 3.05) is 24.5 Å². The molecule has 0 amide bonds. The fourth-order valence-electron chi connectivity index (χ4n) is 2.30. The Kier molecular flexibility index (Phi) is 3.44. The van der Waals surface area contributed by atoms with Crippen molar-refractivity contribution in [3.05, 3.63) is 30.1 Å². The van der Waals surface area contributed by atoms with Gasteiger partial charge in [-0.3, -0.25) is 0 Å². The molecule has 0 aromatic heterocycles. The lowest BCUT2D eigenvalue weighted by Crippen LogP contribution is -2.54. The van der Waals surface area contributed by atoms with E-state index in [0.717, 1.165) is 25.3 Å². The van der Waals surface area contributed by atoms with Crippen LogP contribution in [0.5, 0.6) is 0 Å². The Balaban J connectivity index is 2.27. The molecule has 2 nitrogen and oxygen atoms in total. The number of benzene rings is 1. The van der Waals surface area contributed by atoms with Gasteiger partial charge in [0.25, 0.3) is 0 Å². The summed E-state index contributed by atoms with van der Waals surface area (Å²) in [5, 5.41) is 3.37. The number of hydrogen-bond acceptors (Lipinski definition) is 2. The van der Waals surface area contributed by atoms with Crippen LogP contribution < -0.4 is 10.2 Å². The van der Waals surface area contributed by atoms with E-state index in [4.69, 9.17) is 0 Å². The minimum atomic E-state index is -0.116. The average Bonchev–Trinajstić information content (AvgIpc) is 2.29. The maximum absolute atomic E-state index is 13.7. The van der Waals surface area contributed by atoms with Crippen LogP contribution in [0, 0.1) is 11.7 Å². The van der Waals surface area contributed by atoms with Crippen LogP contribution in [-0.4, -0.2) is 25.7 Å². The van der Waals surface area contributed by atoms with Gasteiger partial charge in [0, 0.05) is 25.7 Å². The number of halogens is 1. The molecule has 0 aliphatic carbocycles. The molecule has 1 N–H and O–H groups in total. The number of nitrogens with zero attached hydrogens (tertiary/aromatic N) is 1. The molecule has 1 aliphatic rings. The van der Waals surface area contributed by atoms with Gasteiger partial charge in [0.2, 0.25) is 0 Å². The zero-order chi connectivity index (χ0) is 11.5. The molecule has 1 aliphatic heterocycles. The molecule has 0 spiro atoms. The molecule has 1 unspecified atom stereocenters. The SMILES string of the molecule is CC(C)C1CNCCN1c1ccccc1F. The number of anilines is 1. The van der Waals surface area contributed by atoms with Crippen LogP contribution in [0.25, 0.3) is 0 Å². The molecule has 0 bridgehead atoms. The summed E-state index contributed by atoms with van der Waals surface area (Å²) in [6.07, 6.45) is 0. The number of piperazine rings is 1. The van der Waals surface area contributed by atoms with Crippen LogP contribution in [0.2, 0.25) is 0 Å². The average molecular weight is 222 g/mol. The molecule has 1 saturated heterocycles. The molecule has 1 heterocycles. The van der Waals surface area contributed by atoms with E-state index in [1.54, 1.807) is 6.07 Å². The predicted octanol–water partition coefficient (Wildman–Crippen LogP) is 2.26. The topological polar surface area (TPSA) is 15.3 Å². The summed E-state index contributed by atoms with van der Waals surface area (Å²) < 4.78 is 13.7. The first kappa shape index (κ1) is 11.4. The molecule has 1 fully saturated rings. The minimum absolute atomic E-state index is 0.116. The summed E-state index contributed by atoms with van der Waals surface area (Å²) in [7, 11) is 0. The molecular weight excluding hydrogens is 203 g/mol. The first-order valence-corrected chi connectivity index (χ1v) is 5.92. The van der Waals surface area contributed by atoms with E-state index in [0.29, 0.717) is 12.0 Å². The third-order valence-corrected chi connectivity index (χ3v) is 3.21. The van der Waals surface area contributed by atoms with Crippen molar-refractivity contribution in [3.63, 3.8) is 0 Å². The molecule has 1 atom stereocenters. The van der Waals surface area contributed by atoms with Crippen LogP contribution in [0.3, 0.4) is 0 Å². The van der Waals surface area contributed by atoms with Crippen molar-refractivity contribution in [2.45, 2.75) is 19.9 Å². The molecule has 1 aromatic carbocycles. The summed E-state index contributed by atoms with van der Waals surface area (Å²) in [5.41, 5.74) is 0.739. The first-order chi connectivity index (χ1) is 7.70. The number of para-hydroxylation sites is 1. The van der Waals surface area contributed by atoms with E-state index in [9.17, 15) is 4.39 Å². The van der Waals surface area contributed by atoms with Crippen molar-refractivity contribution in [1.82, 2.24) is 5.32 Å². The summed E-state index contributed by atoms with van der Waals surface area (Å²) >= 11 is 0. The lowest BCUT2D eigenvalue weighted by atomic mass is 9.99. The Morgan fingerprint density at radius 2 is 2.12 bits per heavy atom. The van der Waals surface area contributed by atoms with Crippen LogP contribution in [-0.2, 0) is 0 Å². The Labute approximate surface area is 96.5 Å². The molecule has 88 valence electrons. The van der Waals surface area contributed by atoms with E-state index in [1.165, 1.54) is 6.07 Å². The fourth-order valence-corrected chi connectivity index (χ4v) is 2.30. The van der Waals surface area contributed by atoms with Gasteiger partial charge < -0.3 is 10.2 Å². The van der Waals surface area contributed by atoms with Crippen molar-refractivity contribution in [3.8, 4) is 0 Å². The van der Waals surface area contributed by atoms with Crippen LogP contribution in [0.4, 0.5) is 10.1 Å². The predicted molar refractivity (Wildman–Crippen MR) is 65.2 cm³/mol. The molecule has 3 heteroatoms. The second kappa shape index (κ2) is 4.83. The summed E-state index contributed by atoms with van der Waals surface area (Å²) in [6.45, 7) is 7.12. The van der Waals surface area contributed by atoms with Gasteiger partial charge in [0.1, 0.15) is 5.82 Å². The van der Waals surface area contributed by atoms with E-state index >= 15 is 0 Å². The highest BCUT2D eigenvalue weighted by Gasteiger charge is 2.26.